The average molecular weight is 301 g/mol. The SMILES string of the molecule is CCCNCC1CCCCN1c1cc(C(F)(F)F)ccn1. The summed E-state index contributed by atoms with van der Waals surface area (Å²) in [6, 6.07) is 2.41. The quantitative estimate of drug-likeness (QED) is 0.844. The highest BCUT2D eigenvalue weighted by atomic mass is 19.4. The molecule has 0 spiro atoms. The second-order valence-corrected chi connectivity index (χ2v) is 5.45. The zero-order valence-corrected chi connectivity index (χ0v) is 12.3. The summed E-state index contributed by atoms with van der Waals surface area (Å²) in [6.45, 7) is 4.60. The van der Waals surface area contributed by atoms with Crippen molar-refractivity contribution in [2.75, 3.05) is 24.5 Å². The molecule has 1 aromatic rings. The molecular formula is C15H22F3N3. The third-order valence-corrected chi connectivity index (χ3v) is 3.80. The average Bonchev–Trinajstić information content (AvgIpc) is 2.47. The summed E-state index contributed by atoms with van der Waals surface area (Å²) in [7, 11) is 0. The summed E-state index contributed by atoms with van der Waals surface area (Å²) in [6.07, 6.45) is 1.10. The Bertz CT molecular complexity index is 448. The van der Waals surface area contributed by atoms with Crippen LogP contribution in [0.5, 0.6) is 0 Å². The highest BCUT2D eigenvalue weighted by Gasteiger charge is 2.32. The van der Waals surface area contributed by atoms with Crippen LogP contribution in [0.1, 0.15) is 38.2 Å². The lowest BCUT2D eigenvalue weighted by Crippen LogP contribution is -2.46. The zero-order valence-electron chi connectivity index (χ0n) is 12.3. The van der Waals surface area contributed by atoms with Gasteiger partial charge in [0.05, 0.1) is 5.56 Å². The normalized spacial score (nSPS) is 19.8. The molecule has 118 valence electrons. The lowest BCUT2D eigenvalue weighted by molar-refractivity contribution is -0.137. The maximum Gasteiger partial charge on any atom is 0.416 e. The molecule has 1 fully saturated rings. The topological polar surface area (TPSA) is 28.2 Å². The minimum Gasteiger partial charge on any atom is -0.352 e. The lowest BCUT2D eigenvalue weighted by atomic mass is 10.0. The molecule has 1 unspecified atom stereocenters. The molecule has 0 saturated carbocycles. The highest BCUT2D eigenvalue weighted by molar-refractivity contribution is 5.43. The van der Waals surface area contributed by atoms with Gasteiger partial charge in [0.15, 0.2) is 0 Å². The van der Waals surface area contributed by atoms with E-state index in [-0.39, 0.29) is 6.04 Å². The molecule has 0 bridgehead atoms. The molecule has 1 atom stereocenters. The van der Waals surface area contributed by atoms with Crippen LogP contribution in [0, 0.1) is 0 Å². The molecule has 1 saturated heterocycles. The van der Waals surface area contributed by atoms with Crippen molar-refractivity contribution in [2.24, 2.45) is 0 Å². The van der Waals surface area contributed by atoms with Crippen molar-refractivity contribution in [1.29, 1.82) is 0 Å². The predicted molar refractivity (Wildman–Crippen MR) is 77.4 cm³/mol. The van der Waals surface area contributed by atoms with Crippen LogP contribution in [0.2, 0.25) is 0 Å². The Hall–Kier alpha value is -1.30. The Morgan fingerprint density at radius 1 is 1.38 bits per heavy atom. The molecule has 1 aromatic heterocycles. The van der Waals surface area contributed by atoms with E-state index in [0.29, 0.717) is 5.82 Å². The smallest absolute Gasteiger partial charge is 0.352 e. The third kappa shape index (κ3) is 4.33. The number of hydrogen-bond acceptors (Lipinski definition) is 3. The predicted octanol–water partition coefficient (Wildman–Crippen LogP) is 3.46. The van der Waals surface area contributed by atoms with Gasteiger partial charge in [0, 0.05) is 25.3 Å². The first-order valence-electron chi connectivity index (χ1n) is 7.53. The maximum atomic E-state index is 12.8. The van der Waals surface area contributed by atoms with Gasteiger partial charge in [-0.25, -0.2) is 4.98 Å². The molecule has 1 N–H and O–H groups in total. The van der Waals surface area contributed by atoms with Crippen molar-refractivity contribution in [2.45, 2.75) is 44.8 Å². The largest absolute Gasteiger partial charge is 0.416 e. The van der Waals surface area contributed by atoms with E-state index < -0.39 is 11.7 Å². The number of aromatic nitrogens is 1. The number of anilines is 1. The van der Waals surface area contributed by atoms with Crippen LogP contribution >= 0.6 is 0 Å². The van der Waals surface area contributed by atoms with Gasteiger partial charge in [0.25, 0.3) is 0 Å². The molecule has 0 aliphatic carbocycles. The van der Waals surface area contributed by atoms with Crippen LogP contribution in [-0.2, 0) is 6.18 Å². The summed E-state index contributed by atoms with van der Waals surface area (Å²) < 4.78 is 38.5. The second kappa shape index (κ2) is 7.11. The van der Waals surface area contributed by atoms with E-state index in [4.69, 9.17) is 0 Å². The van der Waals surface area contributed by atoms with Gasteiger partial charge in [0.2, 0.25) is 0 Å². The monoisotopic (exact) mass is 301 g/mol. The third-order valence-electron chi connectivity index (χ3n) is 3.80. The molecule has 2 rings (SSSR count). The molecule has 0 amide bonds. The Morgan fingerprint density at radius 2 is 2.19 bits per heavy atom. The first-order chi connectivity index (χ1) is 10.0. The van der Waals surface area contributed by atoms with Gasteiger partial charge in [-0.05, 0) is 44.4 Å². The van der Waals surface area contributed by atoms with Crippen molar-refractivity contribution in [3.8, 4) is 0 Å². The minimum atomic E-state index is -4.32. The fourth-order valence-electron chi connectivity index (χ4n) is 2.71. The number of alkyl halides is 3. The number of piperidine rings is 1. The Morgan fingerprint density at radius 3 is 2.90 bits per heavy atom. The zero-order chi connectivity index (χ0) is 15.3. The summed E-state index contributed by atoms with van der Waals surface area (Å²) in [5.74, 6) is 0.438. The summed E-state index contributed by atoms with van der Waals surface area (Å²) in [5, 5.41) is 3.36. The molecule has 6 heteroatoms. The van der Waals surface area contributed by atoms with Gasteiger partial charge in [-0.2, -0.15) is 13.2 Å². The van der Waals surface area contributed by atoms with Gasteiger partial charge in [-0.15, -0.1) is 0 Å². The fourth-order valence-corrected chi connectivity index (χ4v) is 2.71. The van der Waals surface area contributed by atoms with E-state index in [1.54, 1.807) is 0 Å². The second-order valence-electron chi connectivity index (χ2n) is 5.45. The van der Waals surface area contributed by atoms with Crippen molar-refractivity contribution >= 4 is 5.82 Å². The highest BCUT2D eigenvalue weighted by Crippen LogP contribution is 2.32. The van der Waals surface area contributed by atoms with E-state index >= 15 is 0 Å². The summed E-state index contributed by atoms with van der Waals surface area (Å²) >= 11 is 0. The molecule has 1 aliphatic rings. The Labute approximate surface area is 123 Å². The molecule has 0 radical (unpaired) electrons. The first-order valence-corrected chi connectivity index (χ1v) is 7.53. The van der Waals surface area contributed by atoms with Crippen LogP contribution < -0.4 is 10.2 Å². The number of nitrogens with zero attached hydrogens (tertiary/aromatic N) is 2. The van der Waals surface area contributed by atoms with Crippen molar-refractivity contribution < 1.29 is 13.2 Å². The summed E-state index contributed by atoms with van der Waals surface area (Å²) in [5.41, 5.74) is -0.627. The fraction of sp³-hybridized carbons (Fsp3) is 0.667. The molecule has 3 nitrogen and oxygen atoms in total. The van der Waals surface area contributed by atoms with E-state index in [1.165, 1.54) is 6.20 Å². The Kier molecular flexibility index (Phi) is 5.45. The van der Waals surface area contributed by atoms with E-state index in [0.717, 1.165) is 57.5 Å². The minimum absolute atomic E-state index is 0.223. The number of hydrogen-bond donors (Lipinski definition) is 1. The number of nitrogens with one attached hydrogen (secondary N) is 1. The molecule has 2 heterocycles. The van der Waals surface area contributed by atoms with Crippen molar-refractivity contribution in [3.05, 3.63) is 23.9 Å². The van der Waals surface area contributed by atoms with Crippen LogP contribution in [0.4, 0.5) is 19.0 Å². The number of pyridine rings is 1. The van der Waals surface area contributed by atoms with Gasteiger partial charge in [0.1, 0.15) is 5.82 Å². The maximum absolute atomic E-state index is 12.8. The van der Waals surface area contributed by atoms with Crippen LogP contribution in [0.3, 0.4) is 0 Å². The standard InChI is InChI=1S/C15H22F3N3/c1-2-7-19-11-13-5-3-4-9-21(13)14-10-12(6-8-20-14)15(16,17)18/h6,8,10,13,19H,2-5,7,9,11H2,1H3. The molecule has 0 aromatic carbocycles. The molecule has 1 aliphatic heterocycles. The van der Waals surface area contributed by atoms with E-state index in [2.05, 4.69) is 17.2 Å². The Balaban J connectivity index is 2.13. The van der Waals surface area contributed by atoms with E-state index in [9.17, 15) is 13.2 Å². The van der Waals surface area contributed by atoms with Gasteiger partial charge < -0.3 is 10.2 Å². The van der Waals surface area contributed by atoms with Crippen LogP contribution in [0.15, 0.2) is 18.3 Å². The van der Waals surface area contributed by atoms with Gasteiger partial charge in [-0.1, -0.05) is 6.92 Å². The number of halogens is 3. The molecule has 21 heavy (non-hydrogen) atoms. The first kappa shape index (κ1) is 16.1. The van der Waals surface area contributed by atoms with Gasteiger partial charge >= 0.3 is 6.18 Å². The lowest BCUT2D eigenvalue weighted by Gasteiger charge is -2.37. The summed E-state index contributed by atoms with van der Waals surface area (Å²) in [4.78, 5) is 6.17. The van der Waals surface area contributed by atoms with Crippen LogP contribution in [0.25, 0.3) is 0 Å². The van der Waals surface area contributed by atoms with Crippen LogP contribution in [-0.4, -0.2) is 30.7 Å². The van der Waals surface area contributed by atoms with Crippen molar-refractivity contribution in [3.63, 3.8) is 0 Å². The number of rotatable bonds is 5. The van der Waals surface area contributed by atoms with Crippen molar-refractivity contribution in [1.82, 2.24) is 10.3 Å². The van der Waals surface area contributed by atoms with E-state index in [1.807, 2.05) is 4.90 Å². The molecular weight excluding hydrogens is 279 g/mol. The van der Waals surface area contributed by atoms with Gasteiger partial charge in [-0.3, -0.25) is 0 Å².